The fourth-order valence-corrected chi connectivity index (χ4v) is 2.76. The topological polar surface area (TPSA) is 62.5 Å². The van der Waals surface area contributed by atoms with Gasteiger partial charge in [0.25, 0.3) is 0 Å². The second kappa shape index (κ2) is 5.45. The van der Waals surface area contributed by atoms with Gasteiger partial charge in [-0.15, -0.1) is 0 Å². The molecular weight excluding hydrogens is 302 g/mol. The Hall–Kier alpha value is -1.78. The van der Waals surface area contributed by atoms with E-state index in [1.807, 2.05) is 12.1 Å². The van der Waals surface area contributed by atoms with Gasteiger partial charge in [-0.2, -0.15) is 0 Å². The van der Waals surface area contributed by atoms with Gasteiger partial charge in [-0.3, -0.25) is 4.79 Å². The predicted octanol–water partition coefficient (Wildman–Crippen LogP) is 2.99. The summed E-state index contributed by atoms with van der Waals surface area (Å²) in [6.45, 7) is 1.72. The summed E-state index contributed by atoms with van der Waals surface area (Å²) in [5, 5.41) is 13.9. The summed E-state index contributed by atoms with van der Waals surface area (Å²) in [6.07, 6.45) is 3.12. The second-order valence-corrected chi connectivity index (χ2v) is 6.46. The predicted molar refractivity (Wildman–Crippen MR) is 83.7 cm³/mol. The highest BCUT2D eigenvalue weighted by Crippen LogP contribution is 2.48. The maximum Gasteiger partial charge on any atom is 0.230 e. The molecule has 0 radical (unpaired) electrons. The van der Waals surface area contributed by atoms with Crippen LogP contribution in [-0.4, -0.2) is 17.6 Å². The van der Waals surface area contributed by atoms with Gasteiger partial charge in [0.15, 0.2) is 0 Å². The summed E-state index contributed by atoms with van der Waals surface area (Å²) in [5.41, 5.74) is -0.744. The Morgan fingerprint density at radius 1 is 1.36 bits per heavy atom. The van der Waals surface area contributed by atoms with Crippen molar-refractivity contribution in [2.24, 2.45) is 0 Å². The molecule has 4 nitrogen and oxygen atoms in total. The van der Waals surface area contributed by atoms with Crippen molar-refractivity contribution in [3.8, 4) is 0 Å². The fraction of sp³-hybridized carbons (Fsp3) is 0.353. The minimum Gasteiger partial charge on any atom is -0.466 e. The number of hydrogen-bond acceptors (Lipinski definition) is 3. The third-order valence-corrected chi connectivity index (χ3v) is 4.48. The van der Waals surface area contributed by atoms with Gasteiger partial charge in [0.1, 0.15) is 11.4 Å². The molecule has 1 aliphatic carbocycles. The molecule has 1 aromatic heterocycles. The van der Waals surface area contributed by atoms with Crippen molar-refractivity contribution >= 4 is 17.5 Å². The van der Waals surface area contributed by atoms with Crippen LogP contribution in [0.3, 0.4) is 0 Å². The minimum atomic E-state index is -1.23. The molecule has 116 valence electrons. The number of carbonyl (C=O) groups is 1. The number of carbonyl (C=O) groups excluding carboxylic acids is 1. The SMILES string of the molecule is CC(O)(CNC(=O)C1(c2ccc(Cl)cc2)CC1)c1ccco1. The zero-order valence-electron chi connectivity index (χ0n) is 12.3. The van der Waals surface area contributed by atoms with Crippen LogP contribution in [0.15, 0.2) is 47.1 Å². The molecule has 0 bridgehead atoms. The second-order valence-electron chi connectivity index (χ2n) is 6.02. The number of rotatable bonds is 5. The first-order valence-corrected chi connectivity index (χ1v) is 7.63. The van der Waals surface area contributed by atoms with Crippen LogP contribution in [0.25, 0.3) is 0 Å². The van der Waals surface area contributed by atoms with Crippen molar-refractivity contribution in [2.45, 2.75) is 30.8 Å². The van der Waals surface area contributed by atoms with E-state index in [0.29, 0.717) is 10.8 Å². The molecule has 1 amide bonds. The zero-order valence-corrected chi connectivity index (χ0v) is 13.1. The van der Waals surface area contributed by atoms with E-state index in [4.69, 9.17) is 16.0 Å². The highest BCUT2D eigenvalue weighted by atomic mass is 35.5. The highest BCUT2D eigenvalue weighted by molar-refractivity contribution is 6.30. The van der Waals surface area contributed by atoms with Gasteiger partial charge < -0.3 is 14.8 Å². The first kappa shape index (κ1) is 15.1. The maximum absolute atomic E-state index is 12.5. The maximum atomic E-state index is 12.5. The Morgan fingerprint density at radius 2 is 2.05 bits per heavy atom. The van der Waals surface area contributed by atoms with Crippen molar-refractivity contribution < 1.29 is 14.3 Å². The van der Waals surface area contributed by atoms with Crippen LogP contribution in [0, 0.1) is 0 Å². The van der Waals surface area contributed by atoms with Crippen LogP contribution in [0.5, 0.6) is 0 Å². The first-order chi connectivity index (χ1) is 10.4. The van der Waals surface area contributed by atoms with Crippen LogP contribution in [0.2, 0.25) is 5.02 Å². The van der Waals surface area contributed by atoms with Gasteiger partial charge in [0.05, 0.1) is 18.2 Å². The monoisotopic (exact) mass is 319 g/mol. The molecule has 1 unspecified atom stereocenters. The smallest absolute Gasteiger partial charge is 0.230 e. The molecule has 1 heterocycles. The van der Waals surface area contributed by atoms with E-state index in [9.17, 15) is 9.90 Å². The van der Waals surface area contributed by atoms with Crippen molar-refractivity contribution in [2.75, 3.05) is 6.54 Å². The largest absolute Gasteiger partial charge is 0.466 e. The first-order valence-electron chi connectivity index (χ1n) is 7.25. The van der Waals surface area contributed by atoms with Gasteiger partial charge in [-0.25, -0.2) is 0 Å². The molecule has 1 fully saturated rings. The van der Waals surface area contributed by atoms with E-state index in [1.165, 1.54) is 6.26 Å². The number of aliphatic hydroxyl groups is 1. The molecule has 2 aromatic rings. The van der Waals surface area contributed by atoms with Crippen LogP contribution in [0.4, 0.5) is 0 Å². The summed E-state index contributed by atoms with van der Waals surface area (Å²) in [6, 6.07) is 10.8. The molecule has 0 saturated heterocycles. The molecule has 3 rings (SSSR count). The number of furan rings is 1. The summed E-state index contributed by atoms with van der Waals surface area (Å²) in [7, 11) is 0. The molecule has 0 spiro atoms. The standard InChI is InChI=1S/C17H18ClNO3/c1-16(21,14-3-2-10-22-14)11-19-15(20)17(8-9-17)12-4-6-13(18)7-5-12/h2-7,10,21H,8-9,11H2,1H3,(H,19,20). The summed E-state index contributed by atoms with van der Waals surface area (Å²) >= 11 is 5.90. The Bertz CT molecular complexity index is 658. The average molecular weight is 320 g/mol. The molecule has 1 aliphatic rings. The van der Waals surface area contributed by atoms with Crippen molar-refractivity contribution in [3.63, 3.8) is 0 Å². The van der Waals surface area contributed by atoms with Crippen molar-refractivity contribution in [1.82, 2.24) is 5.32 Å². The lowest BCUT2D eigenvalue weighted by Gasteiger charge is -2.23. The van der Waals surface area contributed by atoms with Crippen LogP contribution >= 0.6 is 11.6 Å². The fourth-order valence-electron chi connectivity index (χ4n) is 2.63. The minimum absolute atomic E-state index is 0.0679. The lowest BCUT2D eigenvalue weighted by molar-refractivity contribution is -0.125. The molecule has 2 N–H and O–H groups in total. The number of benzene rings is 1. The van der Waals surface area contributed by atoms with Gasteiger partial charge in [0, 0.05) is 5.02 Å². The Morgan fingerprint density at radius 3 is 2.59 bits per heavy atom. The van der Waals surface area contributed by atoms with Crippen molar-refractivity contribution in [3.05, 3.63) is 59.0 Å². The van der Waals surface area contributed by atoms with Gasteiger partial charge in [-0.1, -0.05) is 23.7 Å². The number of nitrogens with one attached hydrogen (secondary N) is 1. The van der Waals surface area contributed by atoms with E-state index in [2.05, 4.69) is 5.32 Å². The van der Waals surface area contributed by atoms with E-state index < -0.39 is 11.0 Å². The third kappa shape index (κ3) is 2.76. The normalized spacial score (nSPS) is 18.5. The Kier molecular flexibility index (Phi) is 3.75. The van der Waals surface area contributed by atoms with Crippen LogP contribution in [0.1, 0.15) is 31.1 Å². The van der Waals surface area contributed by atoms with E-state index in [0.717, 1.165) is 18.4 Å². The summed E-state index contributed by atoms with van der Waals surface area (Å²) < 4.78 is 5.21. The number of hydrogen-bond donors (Lipinski definition) is 2. The van der Waals surface area contributed by atoms with Crippen LogP contribution < -0.4 is 5.32 Å². The zero-order chi connectivity index (χ0) is 15.8. The molecule has 0 aliphatic heterocycles. The van der Waals surface area contributed by atoms with E-state index in [-0.39, 0.29) is 12.5 Å². The Balaban J connectivity index is 1.68. The van der Waals surface area contributed by atoms with E-state index in [1.54, 1.807) is 31.2 Å². The lowest BCUT2D eigenvalue weighted by Crippen LogP contribution is -2.43. The average Bonchev–Trinajstić information content (AvgIpc) is 3.10. The summed E-state index contributed by atoms with van der Waals surface area (Å²) in [5.74, 6) is 0.366. The number of amides is 1. The number of halogens is 1. The van der Waals surface area contributed by atoms with Crippen molar-refractivity contribution in [1.29, 1.82) is 0 Å². The molecule has 22 heavy (non-hydrogen) atoms. The third-order valence-electron chi connectivity index (χ3n) is 4.23. The molecule has 1 aromatic carbocycles. The van der Waals surface area contributed by atoms with Gasteiger partial charge >= 0.3 is 0 Å². The summed E-state index contributed by atoms with van der Waals surface area (Å²) in [4.78, 5) is 12.5. The Labute approximate surface area is 134 Å². The van der Waals surface area contributed by atoms with E-state index >= 15 is 0 Å². The lowest BCUT2D eigenvalue weighted by atomic mass is 9.94. The molecule has 5 heteroatoms. The van der Waals surface area contributed by atoms with Gasteiger partial charge in [0.2, 0.25) is 5.91 Å². The van der Waals surface area contributed by atoms with Gasteiger partial charge in [-0.05, 0) is 49.6 Å². The molecule has 1 atom stereocenters. The highest BCUT2D eigenvalue weighted by Gasteiger charge is 2.51. The quantitative estimate of drug-likeness (QED) is 0.890. The van der Waals surface area contributed by atoms with Crippen LogP contribution in [-0.2, 0) is 15.8 Å². The molecule has 1 saturated carbocycles. The molecular formula is C17H18ClNO3.